The summed E-state index contributed by atoms with van der Waals surface area (Å²) in [6.45, 7) is 21.3. The third kappa shape index (κ3) is 9.37. The maximum Gasteiger partial charge on any atom is 0.235 e. The number of carbonyl (C=O) groups is 1. The van der Waals surface area contributed by atoms with E-state index in [1.165, 1.54) is 33.4 Å². The monoisotopic (exact) mass is 580 g/mol. The number of anilines is 1. The molecule has 1 aromatic heterocycles. The normalized spacial score (nSPS) is 14.1. The highest BCUT2D eigenvalue weighted by Crippen LogP contribution is 2.47. The lowest BCUT2D eigenvalue weighted by Crippen LogP contribution is -2.35. The first kappa shape index (κ1) is 34.7. The van der Waals surface area contributed by atoms with E-state index in [1.54, 1.807) is 39.6 Å². The average molecular weight is 581 g/mol. The molecule has 2 heterocycles. The minimum absolute atomic E-state index is 0.181. The number of hydrogen-bond donors (Lipinski definition) is 1. The summed E-state index contributed by atoms with van der Waals surface area (Å²) in [6.07, 6.45) is 0.401. The highest BCUT2D eigenvalue weighted by molar-refractivity contribution is 8.00. The second-order valence-electron chi connectivity index (χ2n) is 10.4. The number of halogens is 3. The average Bonchev–Trinajstić information content (AvgIpc) is 3.13. The topological polar surface area (TPSA) is 45.5 Å². The van der Waals surface area contributed by atoms with Crippen LogP contribution < -0.4 is 4.31 Å². The summed E-state index contributed by atoms with van der Waals surface area (Å²) < 4.78 is 25.5. The Bertz CT molecular complexity index is 1240. The van der Waals surface area contributed by atoms with Gasteiger partial charge in [-0.3, -0.25) is 4.79 Å². The standard InChI is InChI=1S/C23H25ClN2OS.C4H10O.C2H4F2.C2H4/c1-13-10-20-21(17-6-8-18(24)9-7-17)19(11-15(3)27)16(4)22-23(20)25(13)12-14(2)26(22)28-5;1-4(2,3)5;1-2(3)4;1-2/h6-10,14H,11-12H2,1-5H3;5H,1-3H3;2H,1H3;1-2H2. The zero-order valence-electron chi connectivity index (χ0n) is 24.7. The van der Waals surface area contributed by atoms with Gasteiger partial charge in [0.15, 0.2) is 0 Å². The molecule has 1 aliphatic heterocycles. The van der Waals surface area contributed by atoms with Gasteiger partial charge in [0, 0.05) is 35.3 Å². The highest BCUT2D eigenvalue weighted by atomic mass is 35.5. The van der Waals surface area contributed by atoms with E-state index < -0.39 is 12.0 Å². The van der Waals surface area contributed by atoms with Crippen molar-refractivity contribution in [3.8, 4) is 11.1 Å². The van der Waals surface area contributed by atoms with E-state index in [-0.39, 0.29) is 5.78 Å². The summed E-state index contributed by atoms with van der Waals surface area (Å²) in [5.74, 6) is 0.181. The number of aryl methyl sites for hydroxylation is 1. The quantitative estimate of drug-likeness (QED) is 0.247. The molecule has 0 amide bonds. The van der Waals surface area contributed by atoms with Crippen molar-refractivity contribution >= 4 is 45.9 Å². The van der Waals surface area contributed by atoms with Gasteiger partial charge in [-0.25, -0.2) is 8.78 Å². The number of nitrogens with zero attached hydrogens (tertiary/aromatic N) is 2. The van der Waals surface area contributed by atoms with Crippen molar-refractivity contribution in [1.29, 1.82) is 0 Å². The van der Waals surface area contributed by atoms with E-state index in [2.05, 4.69) is 67.3 Å². The molecule has 0 fully saturated rings. The first-order valence-corrected chi connectivity index (χ1v) is 14.4. The second kappa shape index (κ2) is 14.9. The van der Waals surface area contributed by atoms with Gasteiger partial charge in [-0.15, -0.1) is 13.2 Å². The van der Waals surface area contributed by atoms with Crippen LogP contribution in [0.4, 0.5) is 14.5 Å². The molecule has 1 aliphatic rings. The van der Waals surface area contributed by atoms with Crippen molar-refractivity contribution in [2.75, 3.05) is 10.6 Å². The van der Waals surface area contributed by atoms with Crippen LogP contribution in [0.1, 0.15) is 58.4 Å². The molecule has 4 rings (SSSR count). The molecule has 1 atom stereocenters. The molecule has 0 saturated heterocycles. The van der Waals surface area contributed by atoms with Crippen LogP contribution >= 0.6 is 23.5 Å². The molecule has 0 saturated carbocycles. The number of benzene rings is 2. The minimum atomic E-state index is -2.17. The van der Waals surface area contributed by atoms with Crippen LogP contribution in [0.25, 0.3) is 22.0 Å². The van der Waals surface area contributed by atoms with E-state index in [9.17, 15) is 13.6 Å². The fourth-order valence-electron chi connectivity index (χ4n) is 4.54. The molecule has 2 aromatic carbocycles. The fraction of sp³-hybridized carbons (Fsp3) is 0.452. The molecular formula is C31H43ClF2N2O2S. The largest absolute Gasteiger partial charge is 0.391 e. The van der Waals surface area contributed by atoms with Crippen molar-refractivity contribution in [3.63, 3.8) is 0 Å². The van der Waals surface area contributed by atoms with Crippen molar-refractivity contribution in [2.24, 2.45) is 0 Å². The lowest BCUT2D eigenvalue weighted by molar-refractivity contribution is -0.116. The van der Waals surface area contributed by atoms with E-state index in [4.69, 9.17) is 16.7 Å². The summed E-state index contributed by atoms with van der Waals surface area (Å²) in [5.41, 5.74) is 7.90. The van der Waals surface area contributed by atoms with E-state index in [0.717, 1.165) is 29.6 Å². The molecule has 0 bridgehead atoms. The lowest BCUT2D eigenvalue weighted by atomic mass is 9.88. The zero-order chi connectivity index (χ0) is 30.2. The first-order chi connectivity index (χ1) is 18.1. The van der Waals surface area contributed by atoms with Crippen LogP contribution in [0.2, 0.25) is 5.02 Å². The Morgan fingerprint density at radius 3 is 2.13 bits per heavy atom. The summed E-state index contributed by atoms with van der Waals surface area (Å²) in [7, 11) is 0. The number of aromatic nitrogens is 1. The van der Waals surface area contributed by atoms with Gasteiger partial charge in [0.1, 0.15) is 5.78 Å². The minimum Gasteiger partial charge on any atom is -0.391 e. The van der Waals surface area contributed by atoms with E-state index in [0.29, 0.717) is 12.5 Å². The molecule has 8 heteroatoms. The predicted molar refractivity (Wildman–Crippen MR) is 167 cm³/mol. The first-order valence-electron chi connectivity index (χ1n) is 12.8. The number of aliphatic hydroxyl groups is 1. The maximum atomic E-state index is 12.2. The molecule has 216 valence electrons. The lowest BCUT2D eigenvalue weighted by Gasteiger charge is -2.37. The van der Waals surface area contributed by atoms with Gasteiger partial charge in [0.2, 0.25) is 6.43 Å². The molecule has 3 aromatic rings. The van der Waals surface area contributed by atoms with Gasteiger partial charge < -0.3 is 14.0 Å². The van der Waals surface area contributed by atoms with Crippen LogP contribution in [0, 0.1) is 13.8 Å². The third-order valence-corrected chi connectivity index (χ3v) is 6.92. The van der Waals surface area contributed by atoms with Crippen LogP contribution in [0.5, 0.6) is 0 Å². The summed E-state index contributed by atoms with van der Waals surface area (Å²) in [6, 6.07) is 10.6. The Hall–Kier alpha value is -2.35. The maximum absolute atomic E-state index is 12.2. The van der Waals surface area contributed by atoms with Crippen LogP contribution in [0.15, 0.2) is 43.5 Å². The number of hydrogen-bond acceptors (Lipinski definition) is 4. The summed E-state index contributed by atoms with van der Waals surface area (Å²) >= 11 is 7.91. The highest BCUT2D eigenvalue weighted by Gasteiger charge is 2.31. The number of carbonyl (C=O) groups excluding carboxylic acids is 1. The number of rotatable bonds is 4. The SMILES string of the molecule is C=C.CC(C)(C)O.CC(F)F.CSN1c2c(C)c(CC(C)=O)c(-c3ccc(Cl)cc3)c3cc(C)n(c23)CC1C. The Balaban J connectivity index is 0.000000594. The van der Waals surface area contributed by atoms with Crippen molar-refractivity contribution < 1.29 is 18.7 Å². The Labute approximate surface area is 242 Å². The van der Waals surface area contributed by atoms with Gasteiger partial charge in [-0.1, -0.05) is 35.7 Å². The number of Topliss-reactive ketones (excluding diaryl/α,β-unsaturated/α-hetero) is 1. The van der Waals surface area contributed by atoms with Gasteiger partial charge in [-0.2, -0.15) is 0 Å². The molecule has 39 heavy (non-hydrogen) atoms. The van der Waals surface area contributed by atoms with Crippen molar-refractivity contribution in [3.05, 3.63) is 65.3 Å². The van der Waals surface area contributed by atoms with Gasteiger partial charge >= 0.3 is 0 Å². The second-order valence-corrected chi connectivity index (χ2v) is 11.6. The number of alkyl halides is 2. The fourth-order valence-corrected chi connectivity index (χ4v) is 5.50. The van der Waals surface area contributed by atoms with Crippen molar-refractivity contribution in [1.82, 2.24) is 4.57 Å². The smallest absolute Gasteiger partial charge is 0.235 e. The molecule has 4 nitrogen and oxygen atoms in total. The van der Waals surface area contributed by atoms with E-state index in [1.807, 2.05) is 12.1 Å². The van der Waals surface area contributed by atoms with Crippen LogP contribution in [-0.4, -0.2) is 39.8 Å². The van der Waals surface area contributed by atoms with Gasteiger partial charge in [0.05, 0.1) is 22.8 Å². The van der Waals surface area contributed by atoms with Crippen LogP contribution in [0.3, 0.4) is 0 Å². The Kier molecular flexibility index (Phi) is 13.2. The zero-order valence-corrected chi connectivity index (χ0v) is 26.2. The van der Waals surface area contributed by atoms with Gasteiger partial charge in [0.25, 0.3) is 0 Å². The molecule has 1 unspecified atom stereocenters. The van der Waals surface area contributed by atoms with E-state index >= 15 is 0 Å². The molecular weight excluding hydrogens is 538 g/mol. The molecule has 1 N–H and O–H groups in total. The number of ketones is 1. The third-order valence-electron chi connectivity index (χ3n) is 5.73. The summed E-state index contributed by atoms with van der Waals surface area (Å²) in [5, 5.41) is 10.5. The van der Waals surface area contributed by atoms with Crippen molar-refractivity contribution in [2.45, 2.75) is 86.4 Å². The Morgan fingerprint density at radius 1 is 1.21 bits per heavy atom. The molecule has 0 radical (unpaired) electrons. The van der Waals surface area contributed by atoms with Gasteiger partial charge in [-0.05, 0) is 95.8 Å². The predicted octanol–water partition coefficient (Wildman–Crippen LogP) is 9.05. The molecule has 0 aliphatic carbocycles. The summed E-state index contributed by atoms with van der Waals surface area (Å²) in [4.78, 5) is 12.2. The van der Waals surface area contributed by atoms with Crippen LogP contribution in [-0.2, 0) is 17.8 Å². The molecule has 0 spiro atoms. The Morgan fingerprint density at radius 2 is 1.69 bits per heavy atom.